The number of para-hydroxylation sites is 2. The standard InChI is InChI=1S/C8H8O2.C6H6O.C5H6O3.C3H4O2.2C2H6.CH2N.2Y/c1-7(9)10-8-5-3-2-4-6-8;7-6-4-2-1-3-5-6;1-4(8)5(2-6)3-7;4-2-1-3-5;3*1-2;;/h2-6H,1H3;1-5,7H;2-3,6H,1H3;1-4H;2*1-2H3;1H2;;/q;;;;;;-1;;/b;;5-2-;2-1+;;;;;. The first-order chi connectivity index (χ1) is 17.3. The second-order valence-corrected chi connectivity index (χ2v) is 4.98. The number of hydrogen-bond acceptors (Lipinski definition) is 8. The minimum Gasteiger partial charge on any atom is -0.817 e. The SMILES string of the molecule is C=[N-].CC.CC.CC(=O)/C(C=O)=C\O.CC(=O)Oc1ccccc1.O=C/C=C/O.Oc1ccccc1.[Y].[Y]. The molecule has 0 aromatic heterocycles. The average Bonchev–Trinajstić information content (AvgIpc) is 2.90. The number of allylic oxidation sites excluding steroid dienone is 2. The number of ketones is 1. The second-order valence-electron chi connectivity index (χ2n) is 4.98. The van der Waals surface area contributed by atoms with Crippen LogP contribution in [0.1, 0.15) is 41.5 Å². The molecule has 2 aromatic carbocycles. The third-order valence-electron chi connectivity index (χ3n) is 2.60. The van der Waals surface area contributed by atoms with E-state index in [1.807, 2.05) is 52.0 Å². The minimum atomic E-state index is -0.428. The van der Waals surface area contributed by atoms with Gasteiger partial charge >= 0.3 is 5.97 Å². The second kappa shape index (κ2) is 47.8. The van der Waals surface area contributed by atoms with Crippen molar-refractivity contribution in [1.29, 1.82) is 0 Å². The molecule has 2 rings (SSSR count). The Hall–Kier alpha value is -2.32. The molecule has 3 N–H and O–H groups in total. The summed E-state index contributed by atoms with van der Waals surface area (Å²) in [6.45, 7) is 12.8. The van der Waals surface area contributed by atoms with Crippen LogP contribution in [0, 0.1) is 0 Å². The monoisotopic (exact) mass is 682 g/mol. The third kappa shape index (κ3) is 46.9. The number of carbonyl (C=O) groups excluding carboxylic acids is 4. The van der Waals surface area contributed by atoms with Crippen molar-refractivity contribution < 1.29 is 105 Å². The van der Waals surface area contributed by atoms with Gasteiger partial charge in [-0.15, -0.1) is 0 Å². The predicted octanol–water partition coefficient (Wildman–Crippen LogP) is 5.78. The zero-order valence-corrected chi connectivity index (χ0v) is 28.5. The van der Waals surface area contributed by atoms with Crippen LogP contribution in [0.4, 0.5) is 0 Å². The predicted molar refractivity (Wildman–Crippen MR) is 144 cm³/mol. The van der Waals surface area contributed by atoms with Crippen molar-refractivity contribution >= 4 is 31.0 Å². The van der Waals surface area contributed by atoms with Crippen LogP contribution >= 0.6 is 0 Å². The van der Waals surface area contributed by atoms with Crippen molar-refractivity contribution in [3.05, 3.63) is 90.2 Å². The van der Waals surface area contributed by atoms with Crippen LogP contribution in [0.25, 0.3) is 5.41 Å². The zero-order valence-electron chi connectivity index (χ0n) is 22.9. The topological polar surface area (TPSA) is 160 Å². The Morgan fingerprint density at radius 1 is 0.816 bits per heavy atom. The number of aldehydes is 2. The number of ether oxygens (including phenoxy) is 1. The number of phenols is 1. The van der Waals surface area contributed by atoms with Gasteiger partial charge in [0.15, 0.2) is 12.1 Å². The first-order valence-electron chi connectivity index (χ1n) is 10.7. The summed E-state index contributed by atoms with van der Waals surface area (Å²) in [7, 11) is 0. The van der Waals surface area contributed by atoms with Crippen LogP contribution in [-0.4, -0.2) is 46.4 Å². The molecule has 0 aliphatic rings. The van der Waals surface area contributed by atoms with E-state index < -0.39 is 5.78 Å². The van der Waals surface area contributed by atoms with Crippen molar-refractivity contribution in [2.75, 3.05) is 0 Å². The Balaban J connectivity index is -0.0000000633. The number of aliphatic hydroxyl groups excluding tert-OH is 2. The molecule has 0 amide bonds. The first kappa shape index (κ1) is 52.2. The van der Waals surface area contributed by atoms with Gasteiger partial charge in [-0.1, -0.05) is 64.1 Å². The molecule has 0 bridgehead atoms. The summed E-state index contributed by atoms with van der Waals surface area (Å²) < 4.78 is 4.78. The van der Waals surface area contributed by atoms with Gasteiger partial charge in [-0.3, -0.25) is 19.2 Å². The van der Waals surface area contributed by atoms with Crippen LogP contribution < -0.4 is 4.74 Å². The molecular weight excluding hydrogens is 644 g/mol. The number of nitrogens with zero attached hydrogens (tertiary/aromatic N) is 1. The Kier molecular flexibility index (Phi) is 65.7. The number of rotatable bonds is 4. The Morgan fingerprint density at radius 2 is 1.21 bits per heavy atom. The van der Waals surface area contributed by atoms with Gasteiger partial charge in [-0.2, -0.15) is 0 Å². The van der Waals surface area contributed by atoms with E-state index in [-0.39, 0.29) is 77.0 Å². The Morgan fingerprint density at radius 3 is 1.37 bits per heavy atom. The molecule has 11 heteroatoms. The van der Waals surface area contributed by atoms with E-state index >= 15 is 0 Å². The maximum atomic E-state index is 10.4. The van der Waals surface area contributed by atoms with E-state index in [2.05, 4.69) is 6.72 Å². The van der Waals surface area contributed by atoms with Crippen LogP contribution in [0.5, 0.6) is 11.5 Å². The van der Waals surface area contributed by atoms with Gasteiger partial charge in [-0.05, 0) is 31.2 Å². The van der Waals surface area contributed by atoms with Gasteiger partial charge in [-0.25, -0.2) is 6.72 Å². The van der Waals surface area contributed by atoms with Crippen LogP contribution in [-0.2, 0) is 84.6 Å². The van der Waals surface area contributed by atoms with Crippen molar-refractivity contribution in [2.45, 2.75) is 41.5 Å². The van der Waals surface area contributed by atoms with Crippen molar-refractivity contribution in [2.24, 2.45) is 0 Å². The summed E-state index contributed by atoms with van der Waals surface area (Å²) in [4.78, 5) is 39.4. The number of esters is 1. The fourth-order valence-corrected chi connectivity index (χ4v) is 1.32. The molecular formula is C27H38NO8Y2-. The van der Waals surface area contributed by atoms with Gasteiger partial charge in [0, 0.05) is 78.4 Å². The van der Waals surface area contributed by atoms with E-state index in [0.717, 1.165) is 6.08 Å². The fourth-order valence-electron chi connectivity index (χ4n) is 1.32. The number of aromatic hydroxyl groups is 1. The molecule has 38 heavy (non-hydrogen) atoms. The summed E-state index contributed by atoms with van der Waals surface area (Å²) in [6, 6.07) is 17.7. The molecule has 206 valence electrons. The summed E-state index contributed by atoms with van der Waals surface area (Å²) in [6.07, 6.45) is 2.99. The van der Waals surface area contributed by atoms with Gasteiger partial charge in [0.05, 0.1) is 18.1 Å². The number of aliphatic hydroxyl groups is 2. The maximum absolute atomic E-state index is 10.4. The molecule has 2 aromatic rings. The number of carbonyl (C=O) groups is 4. The van der Waals surface area contributed by atoms with Gasteiger partial charge in [0.2, 0.25) is 0 Å². The smallest absolute Gasteiger partial charge is 0.308 e. The Bertz CT molecular complexity index is 831. The molecule has 2 radical (unpaired) electrons. The zero-order chi connectivity index (χ0) is 29.2. The van der Waals surface area contributed by atoms with E-state index in [1.54, 1.807) is 36.4 Å². The van der Waals surface area contributed by atoms with Crippen molar-refractivity contribution in [3.8, 4) is 11.5 Å². The third-order valence-corrected chi connectivity index (χ3v) is 2.60. The normalized spacial score (nSPS) is 7.79. The van der Waals surface area contributed by atoms with Gasteiger partial charge in [0.25, 0.3) is 0 Å². The molecule has 0 aliphatic carbocycles. The summed E-state index contributed by atoms with van der Waals surface area (Å²) in [5.74, 6) is 0.200. The summed E-state index contributed by atoms with van der Waals surface area (Å²) in [5.41, 5.74) is -0.204. The molecule has 0 saturated heterocycles. The van der Waals surface area contributed by atoms with E-state index in [0.29, 0.717) is 36.6 Å². The molecule has 0 spiro atoms. The summed E-state index contributed by atoms with van der Waals surface area (Å²) in [5, 5.41) is 31.1. The molecule has 0 aliphatic heterocycles. The van der Waals surface area contributed by atoms with Gasteiger partial charge in [0.1, 0.15) is 17.8 Å². The number of phenolic OH excluding ortho intramolecular Hbond substituents is 1. The van der Waals surface area contributed by atoms with E-state index in [9.17, 15) is 14.4 Å². The largest absolute Gasteiger partial charge is 0.817 e. The van der Waals surface area contributed by atoms with Crippen LogP contribution in [0.2, 0.25) is 0 Å². The van der Waals surface area contributed by atoms with Gasteiger partial charge < -0.3 is 25.5 Å². The van der Waals surface area contributed by atoms with Crippen LogP contribution in [0.15, 0.2) is 84.8 Å². The molecule has 0 fully saturated rings. The molecule has 0 saturated carbocycles. The first-order valence-corrected chi connectivity index (χ1v) is 10.7. The van der Waals surface area contributed by atoms with Crippen LogP contribution in [0.3, 0.4) is 0 Å². The molecule has 0 heterocycles. The Labute approximate surface area is 276 Å². The molecule has 0 unspecified atom stereocenters. The van der Waals surface area contributed by atoms with Crippen molar-refractivity contribution in [1.82, 2.24) is 0 Å². The maximum Gasteiger partial charge on any atom is 0.308 e. The summed E-state index contributed by atoms with van der Waals surface area (Å²) >= 11 is 0. The molecule has 9 nitrogen and oxygen atoms in total. The number of Topliss-reactive ketones (excluding diaryl/α,β-unsaturated/α-hetero) is 1. The van der Waals surface area contributed by atoms with Crippen molar-refractivity contribution in [3.63, 3.8) is 0 Å². The fraction of sp³-hybridized carbons (Fsp3) is 0.222. The quantitative estimate of drug-likeness (QED) is 0.0535. The molecule has 0 atom stereocenters. The number of hydrogen-bond donors (Lipinski definition) is 3. The minimum absolute atomic E-state index is 0. The average molecular weight is 682 g/mol. The van der Waals surface area contributed by atoms with E-state index in [1.165, 1.54) is 13.8 Å². The number of benzene rings is 2. The van der Waals surface area contributed by atoms with E-state index in [4.69, 9.17) is 30.3 Å².